The van der Waals surface area contributed by atoms with Crippen molar-refractivity contribution in [2.45, 2.75) is 27.2 Å². The van der Waals surface area contributed by atoms with Crippen molar-refractivity contribution in [3.63, 3.8) is 0 Å². The minimum absolute atomic E-state index is 0.0127. The van der Waals surface area contributed by atoms with Crippen molar-refractivity contribution in [2.75, 3.05) is 18.1 Å². The largest absolute Gasteiger partial charge is 0.466 e. The molecule has 1 saturated heterocycles. The van der Waals surface area contributed by atoms with Crippen molar-refractivity contribution >= 4 is 17.6 Å². The normalized spacial score (nSPS) is 18.8. The van der Waals surface area contributed by atoms with Gasteiger partial charge in [0.25, 0.3) is 0 Å². The maximum atomic E-state index is 12.0. The molecule has 0 bridgehead atoms. The Bertz CT molecular complexity index is 510. The molecule has 4 heteroatoms. The Balaban J connectivity index is 2.15. The van der Waals surface area contributed by atoms with E-state index in [0.29, 0.717) is 13.2 Å². The van der Waals surface area contributed by atoms with Crippen LogP contribution in [0.25, 0.3) is 0 Å². The molecule has 1 aromatic carbocycles. The third-order valence-electron chi connectivity index (χ3n) is 3.55. The van der Waals surface area contributed by atoms with Crippen LogP contribution in [0.5, 0.6) is 0 Å². The highest BCUT2D eigenvalue weighted by atomic mass is 16.5. The predicted octanol–water partition coefficient (Wildman–Crippen LogP) is 2.22. The van der Waals surface area contributed by atoms with Crippen molar-refractivity contribution < 1.29 is 14.3 Å². The molecule has 19 heavy (non-hydrogen) atoms. The smallest absolute Gasteiger partial charge is 0.311 e. The maximum Gasteiger partial charge on any atom is 0.311 e. The average molecular weight is 261 g/mol. The van der Waals surface area contributed by atoms with Gasteiger partial charge in [-0.2, -0.15) is 0 Å². The molecule has 1 heterocycles. The Kier molecular flexibility index (Phi) is 3.88. The van der Waals surface area contributed by atoms with Gasteiger partial charge in [0.15, 0.2) is 0 Å². The molecular formula is C15H19NO3. The number of hydrogen-bond acceptors (Lipinski definition) is 3. The summed E-state index contributed by atoms with van der Waals surface area (Å²) in [7, 11) is 0. The SMILES string of the molecule is CCOC(=O)C1CC(=O)N(c2ccc(C)c(C)c2)C1. The van der Waals surface area contributed by atoms with E-state index >= 15 is 0 Å². The molecule has 1 aliphatic rings. The standard InChI is InChI=1S/C15H19NO3/c1-4-19-15(18)12-8-14(17)16(9-12)13-6-5-10(2)11(3)7-13/h5-7,12H,4,8-9H2,1-3H3. The van der Waals surface area contributed by atoms with Crippen LogP contribution in [0.1, 0.15) is 24.5 Å². The quantitative estimate of drug-likeness (QED) is 0.784. The first-order chi connectivity index (χ1) is 9.02. The van der Waals surface area contributed by atoms with E-state index < -0.39 is 0 Å². The van der Waals surface area contributed by atoms with Gasteiger partial charge in [0.05, 0.1) is 12.5 Å². The predicted molar refractivity (Wildman–Crippen MR) is 73.0 cm³/mol. The van der Waals surface area contributed by atoms with Crippen LogP contribution < -0.4 is 4.90 Å². The highest BCUT2D eigenvalue weighted by molar-refractivity contribution is 5.99. The number of benzene rings is 1. The molecule has 0 radical (unpaired) electrons. The van der Waals surface area contributed by atoms with Crippen molar-refractivity contribution in [3.8, 4) is 0 Å². The molecule has 4 nitrogen and oxygen atoms in total. The number of nitrogens with zero attached hydrogens (tertiary/aromatic N) is 1. The zero-order chi connectivity index (χ0) is 14.0. The van der Waals surface area contributed by atoms with E-state index in [0.717, 1.165) is 11.3 Å². The first-order valence-corrected chi connectivity index (χ1v) is 6.57. The Hall–Kier alpha value is -1.84. The number of esters is 1. The number of carbonyl (C=O) groups is 2. The maximum absolute atomic E-state index is 12.0. The zero-order valence-corrected chi connectivity index (χ0v) is 11.6. The number of hydrogen-bond donors (Lipinski definition) is 0. The van der Waals surface area contributed by atoms with Gasteiger partial charge in [-0.1, -0.05) is 6.07 Å². The molecule has 2 rings (SSSR count). The summed E-state index contributed by atoms with van der Waals surface area (Å²) in [6.45, 7) is 6.59. The summed E-state index contributed by atoms with van der Waals surface area (Å²) in [6.07, 6.45) is 0.242. The molecule has 0 aromatic heterocycles. The molecular weight excluding hydrogens is 242 g/mol. The summed E-state index contributed by atoms with van der Waals surface area (Å²) in [5.41, 5.74) is 3.20. The highest BCUT2D eigenvalue weighted by Crippen LogP contribution is 2.27. The molecule has 1 aliphatic heterocycles. The van der Waals surface area contributed by atoms with E-state index in [-0.39, 0.29) is 24.2 Å². The minimum Gasteiger partial charge on any atom is -0.466 e. The lowest BCUT2D eigenvalue weighted by Gasteiger charge is -2.17. The topological polar surface area (TPSA) is 46.6 Å². The molecule has 1 atom stereocenters. The van der Waals surface area contributed by atoms with Crippen molar-refractivity contribution in [3.05, 3.63) is 29.3 Å². The fourth-order valence-corrected chi connectivity index (χ4v) is 2.27. The number of anilines is 1. The second-order valence-electron chi connectivity index (χ2n) is 4.93. The Morgan fingerprint density at radius 2 is 2.11 bits per heavy atom. The van der Waals surface area contributed by atoms with E-state index in [9.17, 15) is 9.59 Å². The zero-order valence-electron chi connectivity index (χ0n) is 11.6. The van der Waals surface area contributed by atoms with Crippen LogP contribution in [-0.2, 0) is 14.3 Å². The van der Waals surface area contributed by atoms with E-state index in [1.54, 1.807) is 11.8 Å². The number of rotatable bonds is 3. The van der Waals surface area contributed by atoms with Crippen LogP contribution in [-0.4, -0.2) is 25.0 Å². The van der Waals surface area contributed by atoms with E-state index in [4.69, 9.17) is 4.74 Å². The Labute approximate surface area is 113 Å². The van der Waals surface area contributed by atoms with Gasteiger partial charge < -0.3 is 9.64 Å². The van der Waals surface area contributed by atoms with E-state index in [1.165, 1.54) is 5.56 Å². The van der Waals surface area contributed by atoms with E-state index in [1.807, 2.05) is 32.0 Å². The lowest BCUT2D eigenvalue weighted by molar-refractivity contribution is -0.147. The van der Waals surface area contributed by atoms with Crippen molar-refractivity contribution in [2.24, 2.45) is 5.92 Å². The van der Waals surface area contributed by atoms with Gasteiger partial charge in [0, 0.05) is 18.7 Å². The third kappa shape index (κ3) is 2.78. The number of amides is 1. The summed E-state index contributed by atoms with van der Waals surface area (Å²) in [5, 5.41) is 0. The number of aryl methyl sites for hydroxylation is 2. The number of ether oxygens (including phenoxy) is 1. The second-order valence-corrected chi connectivity index (χ2v) is 4.93. The van der Waals surface area contributed by atoms with Gasteiger partial charge in [0.2, 0.25) is 5.91 Å². The molecule has 1 amide bonds. The summed E-state index contributed by atoms with van der Waals surface area (Å²) in [6, 6.07) is 5.91. The fourth-order valence-electron chi connectivity index (χ4n) is 2.27. The highest BCUT2D eigenvalue weighted by Gasteiger charge is 2.36. The van der Waals surface area contributed by atoms with Crippen LogP contribution in [0.3, 0.4) is 0 Å². The Morgan fingerprint density at radius 3 is 2.74 bits per heavy atom. The number of carbonyl (C=O) groups excluding carboxylic acids is 2. The molecule has 1 unspecified atom stereocenters. The van der Waals surface area contributed by atoms with Gasteiger partial charge in [-0.15, -0.1) is 0 Å². The van der Waals surface area contributed by atoms with Gasteiger partial charge in [-0.05, 0) is 44.0 Å². The molecule has 0 saturated carbocycles. The third-order valence-corrected chi connectivity index (χ3v) is 3.55. The summed E-state index contributed by atoms with van der Waals surface area (Å²) < 4.78 is 4.98. The molecule has 1 aromatic rings. The first kappa shape index (κ1) is 13.6. The fraction of sp³-hybridized carbons (Fsp3) is 0.467. The van der Waals surface area contributed by atoms with Gasteiger partial charge >= 0.3 is 5.97 Å². The molecule has 0 aliphatic carbocycles. The lowest BCUT2D eigenvalue weighted by atomic mass is 10.1. The van der Waals surface area contributed by atoms with Crippen LogP contribution in [0.15, 0.2) is 18.2 Å². The minimum atomic E-state index is -0.339. The molecule has 0 N–H and O–H groups in total. The lowest BCUT2D eigenvalue weighted by Crippen LogP contribution is -2.26. The molecule has 1 fully saturated rings. The van der Waals surface area contributed by atoms with Crippen LogP contribution in [0.2, 0.25) is 0 Å². The summed E-state index contributed by atoms with van der Waals surface area (Å²) >= 11 is 0. The molecule has 102 valence electrons. The summed E-state index contributed by atoms with van der Waals surface area (Å²) in [4.78, 5) is 25.4. The molecule has 0 spiro atoms. The average Bonchev–Trinajstić information content (AvgIpc) is 2.75. The van der Waals surface area contributed by atoms with Crippen molar-refractivity contribution in [1.82, 2.24) is 0 Å². The monoisotopic (exact) mass is 261 g/mol. The van der Waals surface area contributed by atoms with Crippen molar-refractivity contribution in [1.29, 1.82) is 0 Å². The van der Waals surface area contributed by atoms with Crippen LogP contribution in [0.4, 0.5) is 5.69 Å². The first-order valence-electron chi connectivity index (χ1n) is 6.57. The summed E-state index contributed by atoms with van der Waals surface area (Å²) in [5.74, 6) is -0.627. The van der Waals surface area contributed by atoms with Crippen LogP contribution >= 0.6 is 0 Å². The second kappa shape index (κ2) is 5.43. The Morgan fingerprint density at radius 1 is 1.37 bits per heavy atom. The van der Waals surface area contributed by atoms with Gasteiger partial charge in [0.1, 0.15) is 0 Å². The van der Waals surface area contributed by atoms with Gasteiger partial charge in [-0.3, -0.25) is 9.59 Å². The van der Waals surface area contributed by atoms with Crippen LogP contribution in [0, 0.1) is 19.8 Å². The van der Waals surface area contributed by atoms with Gasteiger partial charge in [-0.25, -0.2) is 0 Å². The van der Waals surface area contributed by atoms with E-state index in [2.05, 4.69) is 0 Å².